The van der Waals surface area contributed by atoms with Crippen molar-refractivity contribution in [3.8, 4) is 0 Å². The molecule has 2 amide bonds. The normalized spacial score (nSPS) is 12.3. The van der Waals surface area contributed by atoms with Gasteiger partial charge < -0.3 is 10.2 Å². The molecule has 0 saturated carbocycles. The first-order chi connectivity index (χ1) is 16.3. The summed E-state index contributed by atoms with van der Waals surface area (Å²) in [7, 11) is -3.81. The molecule has 2 aromatic carbocycles. The van der Waals surface area contributed by atoms with Crippen molar-refractivity contribution in [3.63, 3.8) is 0 Å². The summed E-state index contributed by atoms with van der Waals surface area (Å²) in [6.07, 6.45) is 1.36. The highest BCUT2D eigenvalue weighted by Gasteiger charge is 2.31. The Balaban J connectivity index is 2.43. The third-order valence-corrected chi connectivity index (χ3v) is 7.48. The van der Waals surface area contributed by atoms with Crippen molar-refractivity contribution in [2.45, 2.75) is 46.7 Å². The van der Waals surface area contributed by atoms with E-state index >= 15 is 0 Å². The first kappa shape index (κ1) is 28.8. The predicted octanol–water partition coefficient (Wildman–Crippen LogP) is 4.24. The Morgan fingerprint density at radius 3 is 2.26 bits per heavy atom. The van der Waals surface area contributed by atoms with Crippen molar-refractivity contribution < 1.29 is 22.4 Å². The van der Waals surface area contributed by atoms with E-state index in [0.29, 0.717) is 24.2 Å². The van der Waals surface area contributed by atoms with E-state index < -0.39 is 34.3 Å². The van der Waals surface area contributed by atoms with Crippen molar-refractivity contribution in [2.24, 2.45) is 5.92 Å². The lowest BCUT2D eigenvalue weighted by molar-refractivity contribution is -0.140. The lowest BCUT2D eigenvalue weighted by atomic mass is 10.1. The van der Waals surface area contributed by atoms with E-state index in [0.717, 1.165) is 20.6 Å². The molecule has 35 heavy (non-hydrogen) atoms. The molecule has 0 spiro atoms. The monoisotopic (exact) mass is 569 g/mol. The quantitative estimate of drug-likeness (QED) is 0.438. The minimum atomic E-state index is -3.81. The van der Waals surface area contributed by atoms with Gasteiger partial charge in [0.15, 0.2) is 0 Å². The highest BCUT2D eigenvalue weighted by Crippen LogP contribution is 2.25. The number of hydrogen-bond donors (Lipinski definition) is 1. The molecule has 0 saturated heterocycles. The van der Waals surface area contributed by atoms with Crippen LogP contribution in [0.4, 0.5) is 10.1 Å². The van der Waals surface area contributed by atoms with E-state index in [1.165, 1.54) is 17.0 Å². The number of halogens is 2. The van der Waals surface area contributed by atoms with Crippen LogP contribution in [-0.2, 0) is 26.2 Å². The van der Waals surface area contributed by atoms with Crippen LogP contribution in [0.5, 0.6) is 0 Å². The standard InChI is InChI=1S/C25H33BrFN3O4S/c1-6-23(25(32)28-14-17(2)3)29(15-19-7-9-20(27)10-8-19)24(31)16-30(35(5,33)34)21-11-12-22(26)18(4)13-21/h7-13,17,23H,6,14-16H2,1-5H3,(H,28,32). The van der Waals surface area contributed by atoms with Gasteiger partial charge in [-0.3, -0.25) is 13.9 Å². The van der Waals surface area contributed by atoms with Crippen molar-refractivity contribution in [1.29, 1.82) is 0 Å². The van der Waals surface area contributed by atoms with Gasteiger partial charge in [-0.25, -0.2) is 12.8 Å². The molecule has 192 valence electrons. The Morgan fingerprint density at radius 1 is 1.11 bits per heavy atom. The zero-order valence-electron chi connectivity index (χ0n) is 20.7. The lowest BCUT2D eigenvalue weighted by Crippen LogP contribution is -2.52. The van der Waals surface area contributed by atoms with E-state index in [1.54, 1.807) is 37.3 Å². The van der Waals surface area contributed by atoms with Crippen molar-refractivity contribution >= 4 is 43.5 Å². The number of benzene rings is 2. The molecule has 0 heterocycles. The highest BCUT2D eigenvalue weighted by atomic mass is 79.9. The first-order valence-electron chi connectivity index (χ1n) is 11.4. The Kier molecular flexibility index (Phi) is 10.3. The van der Waals surface area contributed by atoms with E-state index in [9.17, 15) is 22.4 Å². The molecule has 0 bridgehead atoms. The molecular weight excluding hydrogens is 537 g/mol. The summed E-state index contributed by atoms with van der Waals surface area (Å²) in [5.41, 5.74) is 1.78. The van der Waals surface area contributed by atoms with Gasteiger partial charge in [0.05, 0.1) is 11.9 Å². The SMILES string of the molecule is CCC(C(=O)NCC(C)C)N(Cc1ccc(F)cc1)C(=O)CN(c1ccc(Br)c(C)c1)S(C)(=O)=O. The number of hydrogen-bond acceptors (Lipinski definition) is 4. The van der Waals surface area contributed by atoms with Gasteiger partial charge in [-0.1, -0.05) is 48.8 Å². The molecule has 0 aliphatic rings. The fraction of sp³-hybridized carbons (Fsp3) is 0.440. The minimum Gasteiger partial charge on any atom is -0.354 e. The smallest absolute Gasteiger partial charge is 0.244 e. The predicted molar refractivity (Wildman–Crippen MR) is 140 cm³/mol. The fourth-order valence-corrected chi connectivity index (χ4v) is 4.61. The van der Waals surface area contributed by atoms with Crippen LogP contribution >= 0.6 is 15.9 Å². The molecule has 0 aliphatic carbocycles. The summed E-state index contributed by atoms with van der Waals surface area (Å²) in [6, 6.07) is 9.84. The van der Waals surface area contributed by atoms with Gasteiger partial charge in [-0.05, 0) is 60.7 Å². The number of nitrogens with one attached hydrogen (secondary N) is 1. The van der Waals surface area contributed by atoms with Crippen LogP contribution in [-0.4, -0.2) is 50.5 Å². The van der Waals surface area contributed by atoms with Gasteiger partial charge >= 0.3 is 0 Å². The molecule has 1 N–H and O–H groups in total. The lowest BCUT2D eigenvalue weighted by Gasteiger charge is -2.33. The van der Waals surface area contributed by atoms with Crippen LogP contribution in [0.1, 0.15) is 38.3 Å². The molecule has 1 atom stereocenters. The summed E-state index contributed by atoms with van der Waals surface area (Å²) < 4.78 is 40.6. The summed E-state index contributed by atoms with van der Waals surface area (Å²) >= 11 is 3.40. The molecule has 2 aromatic rings. The van der Waals surface area contributed by atoms with Crippen LogP contribution < -0.4 is 9.62 Å². The topological polar surface area (TPSA) is 86.8 Å². The molecule has 0 aliphatic heterocycles. The molecule has 0 fully saturated rings. The van der Waals surface area contributed by atoms with Gasteiger partial charge in [0, 0.05) is 17.6 Å². The number of carbonyl (C=O) groups is 2. The van der Waals surface area contributed by atoms with Crippen molar-refractivity contribution in [3.05, 3.63) is 63.9 Å². The van der Waals surface area contributed by atoms with E-state index in [2.05, 4.69) is 21.2 Å². The second-order valence-corrected chi connectivity index (χ2v) is 11.7. The Hall–Kier alpha value is -2.46. The third kappa shape index (κ3) is 8.31. The Labute approximate surface area is 215 Å². The summed E-state index contributed by atoms with van der Waals surface area (Å²) in [5, 5.41) is 2.86. The summed E-state index contributed by atoms with van der Waals surface area (Å²) in [4.78, 5) is 28.0. The minimum absolute atomic E-state index is 0.0314. The average molecular weight is 571 g/mol. The van der Waals surface area contributed by atoms with Crippen LogP contribution in [0.2, 0.25) is 0 Å². The average Bonchev–Trinajstić information content (AvgIpc) is 2.78. The molecule has 0 aromatic heterocycles. The van der Waals surface area contributed by atoms with E-state index in [-0.39, 0.29) is 18.4 Å². The zero-order valence-corrected chi connectivity index (χ0v) is 23.1. The third-order valence-electron chi connectivity index (χ3n) is 5.45. The van der Waals surface area contributed by atoms with Gasteiger partial charge in [-0.2, -0.15) is 0 Å². The van der Waals surface area contributed by atoms with Crippen LogP contribution in [0, 0.1) is 18.7 Å². The van der Waals surface area contributed by atoms with E-state index in [4.69, 9.17) is 0 Å². The maximum Gasteiger partial charge on any atom is 0.244 e. The second-order valence-electron chi connectivity index (χ2n) is 8.91. The molecule has 0 radical (unpaired) electrons. The number of nitrogens with zero attached hydrogens (tertiary/aromatic N) is 2. The number of anilines is 1. The Bertz CT molecular complexity index is 1140. The number of carbonyl (C=O) groups excluding carboxylic acids is 2. The fourth-order valence-electron chi connectivity index (χ4n) is 3.53. The largest absolute Gasteiger partial charge is 0.354 e. The van der Waals surface area contributed by atoms with Crippen LogP contribution in [0.15, 0.2) is 46.9 Å². The number of rotatable bonds is 11. The highest BCUT2D eigenvalue weighted by molar-refractivity contribution is 9.10. The van der Waals surface area contributed by atoms with Crippen LogP contribution in [0.3, 0.4) is 0 Å². The zero-order chi connectivity index (χ0) is 26.3. The van der Waals surface area contributed by atoms with Crippen LogP contribution in [0.25, 0.3) is 0 Å². The van der Waals surface area contributed by atoms with Crippen molar-refractivity contribution in [2.75, 3.05) is 23.7 Å². The van der Waals surface area contributed by atoms with Gasteiger partial charge in [0.25, 0.3) is 0 Å². The summed E-state index contributed by atoms with van der Waals surface area (Å²) in [6.45, 7) is 7.54. The molecule has 1 unspecified atom stereocenters. The van der Waals surface area contributed by atoms with Gasteiger partial charge in [0.1, 0.15) is 18.4 Å². The van der Waals surface area contributed by atoms with E-state index in [1.807, 2.05) is 20.8 Å². The number of aryl methyl sites for hydroxylation is 1. The Morgan fingerprint density at radius 2 is 1.74 bits per heavy atom. The van der Waals surface area contributed by atoms with Gasteiger partial charge in [-0.15, -0.1) is 0 Å². The molecule has 2 rings (SSSR count). The molecule has 10 heteroatoms. The number of sulfonamides is 1. The van der Waals surface area contributed by atoms with Crippen molar-refractivity contribution in [1.82, 2.24) is 10.2 Å². The first-order valence-corrected chi connectivity index (χ1v) is 14.0. The summed E-state index contributed by atoms with van der Waals surface area (Å²) in [5.74, 6) is -1.05. The molecule has 7 nitrogen and oxygen atoms in total. The maximum absolute atomic E-state index is 13.6. The van der Waals surface area contributed by atoms with Gasteiger partial charge in [0.2, 0.25) is 21.8 Å². The number of amides is 2. The maximum atomic E-state index is 13.6. The second kappa shape index (κ2) is 12.5. The molecular formula is C25H33BrFN3O4S.